The van der Waals surface area contributed by atoms with Crippen LogP contribution in [-0.4, -0.2) is 23.9 Å². The van der Waals surface area contributed by atoms with Crippen LogP contribution in [0.25, 0.3) is 0 Å². The van der Waals surface area contributed by atoms with Crippen LogP contribution in [-0.2, 0) is 4.74 Å². The lowest BCUT2D eigenvalue weighted by molar-refractivity contribution is -0.00686. The molecule has 0 bridgehead atoms. The average molecular weight is 198 g/mol. The lowest BCUT2D eigenvalue weighted by Crippen LogP contribution is -2.33. The Morgan fingerprint density at radius 3 is 2.93 bits per heavy atom. The molecule has 0 fully saturated rings. The first kappa shape index (κ1) is 11.7. The molecule has 0 amide bonds. The molecule has 0 saturated carbocycles. The maximum absolute atomic E-state index is 10.2. The van der Waals surface area contributed by atoms with Crippen LogP contribution in [0.5, 0.6) is 0 Å². The van der Waals surface area contributed by atoms with E-state index < -0.39 is 5.60 Å². The maximum atomic E-state index is 10.2. The minimum atomic E-state index is -0.750. The van der Waals surface area contributed by atoms with Crippen molar-refractivity contribution in [1.82, 2.24) is 0 Å². The molecule has 14 heavy (non-hydrogen) atoms. The summed E-state index contributed by atoms with van der Waals surface area (Å²) in [5.74, 6) is 0. The Labute approximate surface area is 87.0 Å². The Kier molecular flexibility index (Phi) is 4.63. The molecule has 1 N–H and O–H groups in total. The molecule has 1 aliphatic rings. The Hall–Kier alpha value is -0.340. The van der Waals surface area contributed by atoms with Crippen molar-refractivity contribution < 1.29 is 9.84 Å². The van der Waals surface area contributed by atoms with E-state index in [9.17, 15) is 5.11 Å². The first-order chi connectivity index (χ1) is 6.67. The Morgan fingerprint density at radius 2 is 2.21 bits per heavy atom. The molecular formula is C12H22O2. The van der Waals surface area contributed by atoms with Crippen LogP contribution in [0.3, 0.4) is 0 Å². The monoisotopic (exact) mass is 198 g/mol. The summed E-state index contributed by atoms with van der Waals surface area (Å²) >= 11 is 0. The fourth-order valence-corrected chi connectivity index (χ4v) is 1.90. The molecule has 1 rings (SSSR count). The van der Waals surface area contributed by atoms with Crippen LogP contribution in [0.1, 0.15) is 46.0 Å². The molecule has 1 aliphatic carbocycles. The summed E-state index contributed by atoms with van der Waals surface area (Å²) in [7, 11) is 0. The SMILES string of the molecule is CCOCC(C)(O)C1=CCCCCC1. The van der Waals surface area contributed by atoms with Crippen molar-refractivity contribution in [2.24, 2.45) is 0 Å². The lowest BCUT2D eigenvalue weighted by atomic mass is 9.93. The molecule has 0 radical (unpaired) electrons. The zero-order valence-electron chi connectivity index (χ0n) is 9.38. The quantitative estimate of drug-likeness (QED) is 0.704. The molecule has 82 valence electrons. The van der Waals surface area contributed by atoms with Crippen LogP contribution in [0.15, 0.2) is 11.6 Å². The standard InChI is InChI=1S/C12H22O2/c1-3-14-10-12(2,13)11-8-6-4-5-7-9-11/h8,13H,3-7,9-10H2,1-2H3. The van der Waals surface area contributed by atoms with Crippen LogP contribution in [0.2, 0.25) is 0 Å². The third-order valence-corrected chi connectivity index (χ3v) is 2.82. The maximum Gasteiger partial charge on any atom is 0.106 e. The van der Waals surface area contributed by atoms with Gasteiger partial charge in [0.05, 0.1) is 6.61 Å². The first-order valence-electron chi connectivity index (χ1n) is 5.66. The Balaban J connectivity index is 2.54. The van der Waals surface area contributed by atoms with Crippen molar-refractivity contribution in [2.45, 2.75) is 51.6 Å². The van der Waals surface area contributed by atoms with E-state index in [-0.39, 0.29) is 0 Å². The van der Waals surface area contributed by atoms with E-state index in [0.29, 0.717) is 13.2 Å². The van der Waals surface area contributed by atoms with E-state index in [4.69, 9.17) is 4.74 Å². The molecule has 0 aromatic carbocycles. The molecule has 2 heteroatoms. The van der Waals surface area contributed by atoms with Crippen LogP contribution in [0.4, 0.5) is 0 Å². The Morgan fingerprint density at radius 1 is 1.43 bits per heavy atom. The fourth-order valence-electron chi connectivity index (χ4n) is 1.90. The highest BCUT2D eigenvalue weighted by molar-refractivity contribution is 5.16. The van der Waals surface area contributed by atoms with E-state index in [1.165, 1.54) is 24.8 Å². The lowest BCUT2D eigenvalue weighted by Gasteiger charge is -2.26. The topological polar surface area (TPSA) is 29.5 Å². The molecule has 1 atom stereocenters. The summed E-state index contributed by atoms with van der Waals surface area (Å²) in [5, 5.41) is 10.2. The summed E-state index contributed by atoms with van der Waals surface area (Å²) in [5.41, 5.74) is 0.420. The molecule has 0 aliphatic heterocycles. The largest absolute Gasteiger partial charge is 0.383 e. The van der Waals surface area contributed by atoms with Gasteiger partial charge in [-0.2, -0.15) is 0 Å². The summed E-state index contributed by atoms with van der Waals surface area (Å²) in [4.78, 5) is 0. The highest BCUT2D eigenvalue weighted by atomic mass is 16.5. The van der Waals surface area contributed by atoms with Gasteiger partial charge in [0.2, 0.25) is 0 Å². The van der Waals surface area contributed by atoms with Gasteiger partial charge in [0, 0.05) is 6.61 Å². The zero-order chi connectivity index (χ0) is 10.4. The fraction of sp³-hybridized carbons (Fsp3) is 0.833. The van der Waals surface area contributed by atoms with Crippen molar-refractivity contribution in [2.75, 3.05) is 13.2 Å². The number of aliphatic hydroxyl groups is 1. The van der Waals surface area contributed by atoms with Crippen molar-refractivity contribution in [1.29, 1.82) is 0 Å². The van der Waals surface area contributed by atoms with Gasteiger partial charge in [0.15, 0.2) is 0 Å². The average Bonchev–Trinajstić information content (AvgIpc) is 2.43. The predicted molar refractivity (Wildman–Crippen MR) is 58.3 cm³/mol. The van der Waals surface area contributed by atoms with Gasteiger partial charge in [0.1, 0.15) is 5.60 Å². The molecule has 0 spiro atoms. The summed E-state index contributed by atoms with van der Waals surface area (Å²) < 4.78 is 5.30. The summed E-state index contributed by atoms with van der Waals surface area (Å²) in [6.07, 6.45) is 8.08. The van der Waals surface area contributed by atoms with E-state index in [1.54, 1.807) is 0 Å². The van der Waals surface area contributed by atoms with Crippen molar-refractivity contribution in [3.8, 4) is 0 Å². The smallest absolute Gasteiger partial charge is 0.106 e. The van der Waals surface area contributed by atoms with E-state index in [2.05, 4.69) is 6.08 Å². The number of hydrogen-bond acceptors (Lipinski definition) is 2. The molecule has 1 unspecified atom stereocenters. The van der Waals surface area contributed by atoms with E-state index in [1.807, 2.05) is 13.8 Å². The summed E-state index contributed by atoms with van der Waals surface area (Å²) in [6, 6.07) is 0. The minimum Gasteiger partial charge on any atom is -0.383 e. The predicted octanol–water partition coefficient (Wildman–Crippen LogP) is 2.66. The van der Waals surface area contributed by atoms with Gasteiger partial charge in [-0.3, -0.25) is 0 Å². The van der Waals surface area contributed by atoms with Crippen molar-refractivity contribution >= 4 is 0 Å². The van der Waals surface area contributed by atoms with Crippen LogP contribution < -0.4 is 0 Å². The van der Waals surface area contributed by atoms with Gasteiger partial charge in [-0.15, -0.1) is 0 Å². The molecule has 2 nitrogen and oxygen atoms in total. The van der Waals surface area contributed by atoms with Gasteiger partial charge in [-0.1, -0.05) is 12.5 Å². The highest BCUT2D eigenvalue weighted by Crippen LogP contribution is 2.26. The zero-order valence-corrected chi connectivity index (χ0v) is 9.38. The van der Waals surface area contributed by atoms with Gasteiger partial charge in [-0.25, -0.2) is 0 Å². The second kappa shape index (κ2) is 5.52. The van der Waals surface area contributed by atoms with Crippen LogP contribution in [0, 0.1) is 0 Å². The number of ether oxygens (including phenoxy) is 1. The minimum absolute atomic E-state index is 0.426. The third-order valence-electron chi connectivity index (χ3n) is 2.82. The normalized spacial score (nSPS) is 22.4. The first-order valence-corrected chi connectivity index (χ1v) is 5.66. The Bertz CT molecular complexity index is 194. The third kappa shape index (κ3) is 3.43. The highest BCUT2D eigenvalue weighted by Gasteiger charge is 2.25. The molecule has 0 saturated heterocycles. The second-order valence-electron chi connectivity index (χ2n) is 4.24. The molecule has 0 aromatic rings. The van der Waals surface area contributed by atoms with Gasteiger partial charge >= 0.3 is 0 Å². The van der Waals surface area contributed by atoms with Crippen molar-refractivity contribution in [3.63, 3.8) is 0 Å². The second-order valence-corrected chi connectivity index (χ2v) is 4.24. The molecule has 0 heterocycles. The van der Waals surface area contributed by atoms with Gasteiger partial charge in [-0.05, 0) is 45.1 Å². The van der Waals surface area contributed by atoms with Gasteiger partial charge in [0.25, 0.3) is 0 Å². The van der Waals surface area contributed by atoms with Gasteiger partial charge < -0.3 is 9.84 Å². The molecule has 0 aromatic heterocycles. The number of hydrogen-bond donors (Lipinski definition) is 1. The van der Waals surface area contributed by atoms with Crippen LogP contribution >= 0.6 is 0 Å². The van der Waals surface area contributed by atoms with Crippen molar-refractivity contribution in [3.05, 3.63) is 11.6 Å². The van der Waals surface area contributed by atoms with E-state index in [0.717, 1.165) is 12.8 Å². The number of rotatable bonds is 4. The molecular weight excluding hydrogens is 176 g/mol. The van der Waals surface area contributed by atoms with E-state index >= 15 is 0 Å². The number of allylic oxidation sites excluding steroid dienone is 1. The summed E-state index contributed by atoms with van der Waals surface area (Å²) in [6.45, 7) is 4.91.